The molecule has 208 valence electrons. The summed E-state index contributed by atoms with van der Waals surface area (Å²) in [5.41, 5.74) is -1.05. The number of pyridine rings is 1. The molecule has 0 aromatic carbocycles. The van der Waals surface area contributed by atoms with Crippen LogP contribution in [0.2, 0.25) is 0 Å². The van der Waals surface area contributed by atoms with Crippen molar-refractivity contribution in [2.75, 3.05) is 27.3 Å². The van der Waals surface area contributed by atoms with Crippen LogP contribution in [-0.2, 0) is 11.2 Å². The Labute approximate surface area is 220 Å². The molecule has 0 spiro atoms. The number of hydrogen-bond donors (Lipinski definition) is 1. The predicted octanol–water partition coefficient (Wildman–Crippen LogP) is 2.52. The van der Waals surface area contributed by atoms with Gasteiger partial charge in [-0.25, -0.2) is 14.4 Å². The van der Waals surface area contributed by atoms with Gasteiger partial charge in [-0.15, -0.1) is 0 Å². The quantitative estimate of drug-likeness (QED) is 0.335. The first-order valence-corrected chi connectivity index (χ1v) is 12.1. The summed E-state index contributed by atoms with van der Waals surface area (Å²) in [4.78, 5) is 43.4. The number of carbonyl (C=O) groups is 2. The fourth-order valence-corrected chi connectivity index (χ4v) is 3.92. The van der Waals surface area contributed by atoms with E-state index >= 15 is 0 Å². The summed E-state index contributed by atoms with van der Waals surface area (Å²) in [6, 6.07) is -1.14. The van der Waals surface area contributed by atoms with E-state index in [2.05, 4.69) is 30.4 Å². The van der Waals surface area contributed by atoms with Crippen LogP contribution in [0.15, 0.2) is 16.9 Å². The minimum Gasteiger partial charge on any atom is -0.481 e. The molecule has 0 bridgehead atoms. The average Bonchev–Trinajstić information content (AvgIpc) is 3.68. The van der Waals surface area contributed by atoms with Gasteiger partial charge in [0, 0.05) is 31.5 Å². The topological polar surface area (TPSA) is 145 Å². The van der Waals surface area contributed by atoms with Gasteiger partial charge in [-0.3, -0.25) is 9.59 Å². The second kappa shape index (κ2) is 12.0. The SMILES string of the molecule is CCCNC(=O)C(c1c(OC)ncnc1OC)N(CCc1nc(C2CC2)no1)C(=O)c1cc(F)nc(F)c1F. The smallest absolute Gasteiger partial charge is 0.258 e. The van der Waals surface area contributed by atoms with Gasteiger partial charge in [0.2, 0.25) is 29.5 Å². The van der Waals surface area contributed by atoms with Crippen LogP contribution >= 0.6 is 0 Å². The van der Waals surface area contributed by atoms with Crippen LogP contribution in [0, 0.1) is 17.7 Å². The van der Waals surface area contributed by atoms with Crippen LogP contribution in [0.3, 0.4) is 0 Å². The molecule has 4 rings (SSSR count). The zero-order valence-electron chi connectivity index (χ0n) is 21.4. The van der Waals surface area contributed by atoms with Crippen LogP contribution in [0.25, 0.3) is 0 Å². The molecule has 0 aliphatic heterocycles. The van der Waals surface area contributed by atoms with E-state index in [1.165, 1.54) is 14.2 Å². The van der Waals surface area contributed by atoms with Gasteiger partial charge in [-0.05, 0) is 19.3 Å². The molecule has 3 aromatic heterocycles. The van der Waals surface area contributed by atoms with Gasteiger partial charge in [-0.1, -0.05) is 12.1 Å². The van der Waals surface area contributed by atoms with Crippen LogP contribution < -0.4 is 14.8 Å². The lowest BCUT2D eigenvalue weighted by Gasteiger charge is -2.32. The first kappa shape index (κ1) is 27.7. The third kappa shape index (κ3) is 6.07. The van der Waals surface area contributed by atoms with E-state index in [1.54, 1.807) is 0 Å². The number of nitrogens with one attached hydrogen (secondary N) is 1. The minimum absolute atomic E-state index is 0.0657. The van der Waals surface area contributed by atoms with Gasteiger partial charge in [0.15, 0.2) is 11.6 Å². The highest BCUT2D eigenvalue weighted by Crippen LogP contribution is 2.38. The molecule has 1 saturated carbocycles. The highest BCUT2D eigenvalue weighted by Gasteiger charge is 2.39. The maximum atomic E-state index is 14.7. The summed E-state index contributed by atoms with van der Waals surface area (Å²) in [6.07, 6.45) is 3.45. The van der Waals surface area contributed by atoms with Gasteiger partial charge in [0.05, 0.1) is 19.8 Å². The number of nitrogens with zero attached hydrogens (tertiary/aromatic N) is 6. The number of amides is 2. The predicted molar refractivity (Wildman–Crippen MR) is 126 cm³/mol. The Morgan fingerprint density at radius 3 is 2.46 bits per heavy atom. The third-order valence-electron chi connectivity index (χ3n) is 5.95. The summed E-state index contributed by atoms with van der Waals surface area (Å²) in [5, 5.41) is 6.61. The van der Waals surface area contributed by atoms with E-state index in [4.69, 9.17) is 14.0 Å². The van der Waals surface area contributed by atoms with E-state index in [0.717, 1.165) is 24.1 Å². The molecule has 39 heavy (non-hydrogen) atoms. The minimum atomic E-state index is -1.81. The molecule has 15 heteroatoms. The fraction of sp³-hybridized carbons (Fsp3) is 0.458. The zero-order chi connectivity index (χ0) is 28.1. The number of methoxy groups -OCH3 is 2. The van der Waals surface area contributed by atoms with Crippen molar-refractivity contribution in [3.8, 4) is 11.8 Å². The van der Waals surface area contributed by atoms with Crippen molar-refractivity contribution in [2.24, 2.45) is 0 Å². The Balaban J connectivity index is 1.83. The molecule has 12 nitrogen and oxygen atoms in total. The Bertz CT molecular complexity index is 1330. The molecule has 0 saturated heterocycles. The van der Waals surface area contributed by atoms with Crippen molar-refractivity contribution >= 4 is 11.8 Å². The van der Waals surface area contributed by atoms with E-state index in [0.29, 0.717) is 18.3 Å². The maximum absolute atomic E-state index is 14.7. The van der Waals surface area contributed by atoms with Crippen molar-refractivity contribution in [1.82, 2.24) is 35.3 Å². The Morgan fingerprint density at radius 1 is 1.15 bits per heavy atom. The lowest BCUT2D eigenvalue weighted by molar-refractivity contribution is -0.126. The summed E-state index contributed by atoms with van der Waals surface area (Å²) in [7, 11) is 2.56. The molecule has 2 amide bonds. The standard InChI is InChI=1S/C24H26F3N7O5/c1-4-8-28-21(35)18(16-22(37-2)29-11-30-23(16)38-3)34(9-7-15-32-20(33-39-15)12-5-6-12)24(36)13-10-14(25)31-19(27)17(13)26/h10-12,18H,4-9H2,1-3H3,(H,28,35). The molecule has 1 atom stereocenters. The fourth-order valence-electron chi connectivity index (χ4n) is 3.92. The zero-order valence-corrected chi connectivity index (χ0v) is 21.4. The Morgan fingerprint density at radius 2 is 1.85 bits per heavy atom. The summed E-state index contributed by atoms with van der Waals surface area (Å²) in [5.74, 6) is -6.23. The van der Waals surface area contributed by atoms with Crippen LogP contribution in [0.1, 0.15) is 65.8 Å². The van der Waals surface area contributed by atoms with Crippen molar-refractivity contribution in [3.05, 3.63) is 52.9 Å². The second-order valence-electron chi connectivity index (χ2n) is 8.67. The van der Waals surface area contributed by atoms with E-state index in [9.17, 15) is 22.8 Å². The maximum Gasteiger partial charge on any atom is 0.258 e. The van der Waals surface area contributed by atoms with E-state index < -0.39 is 41.1 Å². The molecule has 0 radical (unpaired) electrons. The van der Waals surface area contributed by atoms with Crippen molar-refractivity contribution < 1.29 is 36.8 Å². The molecular formula is C24H26F3N7O5. The molecule has 1 aliphatic rings. The molecule has 1 fully saturated rings. The number of aromatic nitrogens is 5. The van der Waals surface area contributed by atoms with Gasteiger partial charge in [0.25, 0.3) is 11.9 Å². The number of hydrogen-bond acceptors (Lipinski definition) is 10. The lowest BCUT2D eigenvalue weighted by atomic mass is 10.0. The van der Waals surface area contributed by atoms with E-state index in [1.807, 2.05) is 6.92 Å². The summed E-state index contributed by atoms with van der Waals surface area (Å²) in [6.45, 7) is 1.72. The number of ether oxygens (including phenoxy) is 2. The number of rotatable bonds is 12. The Kier molecular flexibility index (Phi) is 8.56. The second-order valence-corrected chi connectivity index (χ2v) is 8.67. The molecule has 1 N–H and O–H groups in total. The highest BCUT2D eigenvalue weighted by atomic mass is 19.2. The molecule has 3 aromatic rings. The first-order chi connectivity index (χ1) is 18.8. The average molecular weight is 550 g/mol. The Hall–Kier alpha value is -4.30. The normalized spacial score (nSPS) is 13.6. The monoisotopic (exact) mass is 549 g/mol. The number of carbonyl (C=O) groups excluding carboxylic acids is 2. The van der Waals surface area contributed by atoms with Crippen molar-refractivity contribution in [3.63, 3.8) is 0 Å². The van der Waals surface area contributed by atoms with Crippen LogP contribution in [-0.4, -0.2) is 69.1 Å². The van der Waals surface area contributed by atoms with Crippen LogP contribution in [0.5, 0.6) is 11.8 Å². The third-order valence-corrected chi connectivity index (χ3v) is 5.95. The lowest BCUT2D eigenvalue weighted by Crippen LogP contribution is -2.45. The summed E-state index contributed by atoms with van der Waals surface area (Å²) < 4.78 is 58.7. The molecular weight excluding hydrogens is 523 g/mol. The van der Waals surface area contributed by atoms with Gasteiger partial charge < -0.3 is 24.2 Å². The van der Waals surface area contributed by atoms with Gasteiger partial charge in [0.1, 0.15) is 17.9 Å². The molecule has 1 unspecified atom stereocenters. The largest absolute Gasteiger partial charge is 0.481 e. The number of halogens is 3. The first-order valence-electron chi connectivity index (χ1n) is 12.1. The summed E-state index contributed by atoms with van der Waals surface area (Å²) >= 11 is 0. The highest BCUT2D eigenvalue weighted by molar-refractivity contribution is 5.98. The molecule has 3 heterocycles. The van der Waals surface area contributed by atoms with Gasteiger partial charge >= 0.3 is 0 Å². The van der Waals surface area contributed by atoms with E-state index in [-0.39, 0.29) is 48.6 Å². The van der Waals surface area contributed by atoms with Gasteiger partial charge in [-0.2, -0.15) is 18.7 Å². The van der Waals surface area contributed by atoms with Crippen molar-refractivity contribution in [2.45, 2.75) is 44.6 Å². The van der Waals surface area contributed by atoms with Crippen LogP contribution in [0.4, 0.5) is 13.2 Å². The molecule has 1 aliphatic carbocycles. The van der Waals surface area contributed by atoms with Crippen molar-refractivity contribution in [1.29, 1.82) is 0 Å².